The van der Waals surface area contributed by atoms with Crippen molar-refractivity contribution in [2.75, 3.05) is 0 Å². The molecule has 4 heteroatoms. The van der Waals surface area contributed by atoms with Gasteiger partial charge in [-0.25, -0.2) is 4.57 Å². The van der Waals surface area contributed by atoms with Crippen LogP contribution in [0.5, 0.6) is 0 Å². The number of nitrogens with zero attached hydrogens (tertiary/aromatic N) is 2. The van der Waals surface area contributed by atoms with Crippen molar-refractivity contribution in [3.05, 3.63) is 83.0 Å². The van der Waals surface area contributed by atoms with E-state index in [1.54, 1.807) is 48.1 Å². The lowest BCUT2D eigenvalue weighted by Gasteiger charge is -2.19. The number of pyridine rings is 1. The van der Waals surface area contributed by atoms with Crippen LogP contribution in [0, 0.1) is 32.0 Å². The number of nitriles is 1. The van der Waals surface area contributed by atoms with Crippen molar-refractivity contribution in [2.24, 2.45) is 7.05 Å². The molecule has 0 aliphatic carbocycles. The lowest BCUT2D eigenvalue weighted by molar-refractivity contribution is -0.660. The number of fused-ring (bicyclic) bond motifs is 3. The predicted molar refractivity (Wildman–Crippen MR) is 148 cm³/mol. The van der Waals surface area contributed by atoms with Gasteiger partial charge in [-0.1, -0.05) is 55.2 Å². The van der Waals surface area contributed by atoms with Gasteiger partial charge >= 0.3 is 0 Å². The van der Waals surface area contributed by atoms with Gasteiger partial charge in [-0.3, -0.25) is 0 Å². The highest BCUT2D eigenvalue weighted by Crippen LogP contribution is 2.38. The molecule has 0 atom stereocenters. The lowest BCUT2D eigenvalue weighted by atomic mass is 9.94. The van der Waals surface area contributed by atoms with Crippen LogP contribution in [-0.4, -0.2) is 8.07 Å². The Hall–Kier alpha value is -3.68. The molecule has 5 aromatic rings. The number of furan rings is 1. The van der Waals surface area contributed by atoms with Crippen LogP contribution in [0.4, 0.5) is 0 Å². The van der Waals surface area contributed by atoms with Crippen molar-refractivity contribution in [1.29, 1.82) is 5.26 Å². The van der Waals surface area contributed by atoms with Crippen molar-refractivity contribution in [3.8, 4) is 28.5 Å². The summed E-state index contributed by atoms with van der Waals surface area (Å²) in [6.45, 7) is 3.48. The Morgan fingerprint density at radius 3 is 2.37 bits per heavy atom. The molecule has 35 heavy (non-hydrogen) atoms. The lowest BCUT2D eigenvalue weighted by Crippen LogP contribution is -2.37. The SMILES string of the molecule is [2H]C([2H])([2H])c1cc([Si](C)(C)C)ccc1-c1cc(-c2c(C)ccc3c2oc2cc(C#N)ccc23)[n+](C)cc1C([2H])([2H])[2H]. The molecule has 174 valence electrons. The van der Waals surface area contributed by atoms with E-state index < -0.39 is 21.8 Å². The van der Waals surface area contributed by atoms with E-state index in [2.05, 4.69) is 25.7 Å². The van der Waals surface area contributed by atoms with Crippen molar-refractivity contribution >= 4 is 35.2 Å². The molecule has 2 heterocycles. The summed E-state index contributed by atoms with van der Waals surface area (Å²) in [5, 5.41) is 12.1. The molecule has 0 aliphatic rings. The third kappa shape index (κ3) is 3.86. The highest BCUT2D eigenvalue weighted by molar-refractivity contribution is 6.88. The summed E-state index contributed by atoms with van der Waals surface area (Å²) < 4.78 is 58.1. The minimum atomic E-state index is -2.48. The summed E-state index contributed by atoms with van der Waals surface area (Å²) in [4.78, 5) is 0. The molecule has 0 radical (unpaired) electrons. The first kappa shape index (κ1) is 16.9. The summed E-state index contributed by atoms with van der Waals surface area (Å²) in [6.07, 6.45) is 1.57. The van der Waals surface area contributed by atoms with Crippen LogP contribution in [0.2, 0.25) is 19.6 Å². The van der Waals surface area contributed by atoms with Gasteiger partial charge in [0.15, 0.2) is 6.20 Å². The van der Waals surface area contributed by atoms with Gasteiger partial charge in [0.1, 0.15) is 18.2 Å². The van der Waals surface area contributed by atoms with Gasteiger partial charge in [0.25, 0.3) is 0 Å². The standard InChI is InChI=1S/C31H31N2OSi/c1-19-8-11-26-25-12-9-22(17-32)15-29(25)34-31(26)30(19)28-16-27(21(3)18-33(28)4)24-13-10-23(14-20(24)2)35(5,6)7/h8-16,18H,1-7H3/q+1/i2D3,3D3. The van der Waals surface area contributed by atoms with Crippen LogP contribution in [-0.2, 0) is 7.05 Å². The van der Waals surface area contributed by atoms with Crippen molar-refractivity contribution in [1.82, 2.24) is 0 Å². The monoisotopic (exact) mass is 481 g/mol. The quantitative estimate of drug-likeness (QED) is 0.204. The zero-order valence-electron chi connectivity index (χ0n) is 26.6. The number of hydrogen-bond acceptors (Lipinski definition) is 2. The summed E-state index contributed by atoms with van der Waals surface area (Å²) in [5.74, 6) is 0. The van der Waals surface area contributed by atoms with Crippen LogP contribution >= 0.6 is 0 Å². The Kier molecular flexibility index (Phi) is 3.96. The molecule has 3 nitrogen and oxygen atoms in total. The van der Waals surface area contributed by atoms with E-state index in [1.807, 2.05) is 31.2 Å². The number of hydrogen-bond donors (Lipinski definition) is 0. The molecule has 0 spiro atoms. The van der Waals surface area contributed by atoms with Gasteiger partial charge in [-0.15, -0.1) is 0 Å². The first-order chi connectivity index (χ1) is 19.0. The summed E-state index contributed by atoms with van der Waals surface area (Å²) in [6, 6.07) is 18.6. The fourth-order valence-corrected chi connectivity index (χ4v) is 5.85. The number of benzene rings is 3. The Morgan fingerprint density at radius 1 is 0.886 bits per heavy atom. The summed E-state index contributed by atoms with van der Waals surface area (Å²) >= 11 is 0. The molecule has 0 unspecified atom stereocenters. The summed E-state index contributed by atoms with van der Waals surface area (Å²) in [5.41, 5.74) is 5.00. The molecular weight excluding hydrogens is 444 g/mol. The highest BCUT2D eigenvalue weighted by Gasteiger charge is 2.24. The van der Waals surface area contributed by atoms with Crippen molar-refractivity contribution < 1.29 is 17.2 Å². The van der Waals surface area contributed by atoms with E-state index in [4.69, 9.17) is 12.6 Å². The van der Waals surface area contributed by atoms with Gasteiger partial charge in [-0.2, -0.15) is 5.26 Å². The number of rotatable bonds is 3. The van der Waals surface area contributed by atoms with Crippen molar-refractivity contribution in [2.45, 2.75) is 40.3 Å². The number of aromatic nitrogens is 1. The second-order valence-electron chi connectivity index (χ2n) is 10.2. The molecule has 3 aromatic carbocycles. The van der Waals surface area contributed by atoms with Gasteiger partial charge in [0.05, 0.1) is 25.3 Å². The van der Waals surface area contributed by atoms with E-state index in [1.165, 1.54) is 0 Å². The van der Waals surface area contributed by atoms with Crippen LogP contribution in [0.1, 0.15) is 30.5 Å². The molecule has 0 saturated carbocycles. The maximum absolute atomic E-state index is 9.38. The minimum Gasteiger partial charge on any atom is -0.455 e. The molecule has 0 aliphatic heterocycles. The van der Waals surface area contributed by atoms with E-state index in [-0.39, 0.29) is 11.1 Å². The second-order valence-corrected chi connectivity index (χ2v) is 15.2. The molecular formula is C31H31N2OSi+. The summed E-state index contributed by atoms with van der Waals surface area (Å²) in [7, 11) is -0.0694. The normalized spacial score (nSPS) is 15.1. The van der Waals surface area contributed by atoms with E-state index in [0.29, 0.717) is 33.6 Å². The molecule has 5 rings (SSSR count). The average molecular weight is 482 g/mol. The van der Waals surface area contributed by atoms with Gasteiger partial charge in [-0.05, 0) is 61.1 Å². The van der Waals surface area contributed by atoms with E-state index in [9.17, 15) is 5.26 Å². The second kappa shape index (κ2) is 8.22. The number of aryl methyl sites for hydroxylation is 4. The van der Waals surface area contributed by atoms with E-state index >= 15 is 0 Å². The Labute approximate surface area is 216 Å². The average Bonchev–Trinajstić information content (AvgIpc) is 3.24. The molecule has 0 fully saturated rings. The molecule has 0 N–H and O–H groups in total. The molecule has 2 aromatic heterocycles. The third-order valence-electron chi connectivity index (χ3n) is 6.68. The van der Waals surface area contributed by atoms with Gasteiger partial charge < -0.3 is 4.42 Å². The topological polar surface area (TPSA) is 40.8 Å². The first-order valence-corrected chi connectivity index (χ1v) is 15.1. The maximum Gasteiger partial charge on any atom is 0.216 e. The zero-order chi connectivity index (χ0) is 30.1. The fraction of sp³-hybridized carbons (Fsp3) is 0.226. The Morgan fingerprint density at radius 2 is 1.66 bits per heavy atom. The van der Waals surface area contributed by atoms with Crippen molar-refractivity contribution in [3.63, 3.8) is 0 Å². The van der Waals surface area contributed by atoms with Gasteiger partial charge in [0.2, 0.25) is 5.69 Å². The fourth-order valence-electron chi connectivity index (χ4n) is 4.69. The molecule has 0 bridgehead atoms. The zero-order valence-corrected chi connectivity index (χ0v) is 21.6. The van der Waals surface area contributed by atoms with Crippen LogP contribution in [0.15, 0.2) is 65.2 Å². The maximum atomic E-state index is 9.38. The van der Waals surface area contributed by atoms with E-state index in [0.717, 1.165) is 27.1 Å². The highest BCUT2D eigenvalue weighted by atomic mass is 28.3. The largest absolute Gasteiger partial charge is 0.455 e. The Balaban J connectivity index is 1.87. The van der Waals surface area contributed by atoms with Crippen LogP contribution < -0.4 is 9.75 Å². The first-order valence-electron chi connectivity index (χ1n) is 14.6. The predicted octanol–water partition coefficient (Wildman–Crippen LogP) is 7.09. The molecule has 0 saturated heterocycles. The minimum absolute atomic E-state index is 0.0723. The Bertz CT molecular complexity index is 1890. The van der Waals surface area contributed by atoms with Gasteiger partial charge in [0, 0.05) is 30.6 Å². The van der Waals surface area contributed by atoms with Crippen LogP contribution in [0.3, 0.4) is 0 Å². The van der Waals surface area contributed by atoms with Crippen LogP contribution in [0.25, 0.3) is 44.3 Å². The molecule has 0 amide bonds. The third-order valence-corrected chi connectivity index (χ3v) is 8.73. The smallest absolute Gasteiger partial charge is 0.216 e.